The zero-order valence-corrected chi connectivity index (χ0v) is 12.1. The molecule has 0 aliphatic heterocycles. The number of nitrogens with one attached hydrogen (secondary N) is 1. The van der Waals surface area contributed by atoms with Gasteiger partial charge in [0.05, 0.1) is 11.1 Å². The van der Waals surface area contributed by atoms with Gasteiger partial charge in [-0.05, 0) is 23.8 Å². The highest BCUT2D eigenvalue weighted by molar-refractivity contribution is 9.10. The van der Waals surface area contributed by atoms with Gasteiger partial charge >= 0.3 is 0 Å². The lowest BCUT2D eigenvalue weighted by Crippen LogP contribution is -2.13. The molecule has 3 rings (SSSR count). The van der Waals surface area contributed by atoms with Crippen molar-refractivity contribution in [3.05, 3.63) is 74.5 Å². The molecule has 0 amide bonds. The number of aromatic amines is 1. The average molecular weight is 330 g/mol. The monoisotopic (exact) mass is 329 g/mol. The van der Waals surface area contributed by atoms with Crippen LogP contribution in [0.3, 0.4) is 0 Å². The number of rotatable bonds is 2. The van der Waals surface area contributed by atoms with Crippen LogP contribution in [0.15, 0.2) is 57.8 Å². The first-order chi connectivity index (χ1) is 9.65. The summed E-state index contributed by atoms with van der Waals surface area (Å²) in [6, 6.07) is 15.0. The number of hydrogen-bond acceptors (Lipinski definition) is 2. The lowest BCUT2D eigenvalue weighted by Gasteiger charge is -2.08. The molecule has 0 saturated heterocycles. The quantitative estimate of drug-likeness (QED) is 0.754. The highest BCUT2D eigenvalue weighted by Crippen LogP contribution is 2.28. The summed E-state index contributed by atoms with van der Waals surface area (Å²) < 4.78 is 0.859. The van der Waals surface area contributed by atoms with E-state index < -0.39 is 0 Å². The van der Waals surface area contributed by atoms with Crippen LogP contribution in [0.1, 0.15) is 11.1 Å². The predicted octanol–water partition coefficient (Wildman–Crippen LogP) is 3.59. The van der Waals surface area contributed by atoms with Gasteiger partial charge in [-0.15, -0.1) is 0 Å². The molecule has 3 nitrogen and oxygen atoms in total. The third-order valence-electron chi connectivity index (χ3n) is 3.27. The van der Waals surface area contributed by atoms with Gasteiger partial charge in [0.15, 0.2) is 0 Å². The summed E-state index contributed by atoms with van der Waals surface area (Å²) in [6.07, 6.45) is 0.407. The average Bonchev–Trinajstić information content (AvgIpc) is 2.46. The fourth-order valence-electron chi connectivity index (χ4n) is 2.25. The van der Waals surface area contributed by atoms with E-state index >= 15 is 0 Å². The van der Waals surface area contributed by atoms with E-state index in [0.29, 0.717) is 22.9 Å². The van der Waals surface area contributed by atoms with Gasteiger partial charge in [0, 0.05) is 16.3 Å². The lowest BCUT2D eigenvalue weighted by molar-refractivity contribution is 0.474. The van der Waals surface area contributed by atoms with Crippen LogP contribution < -0.4 is 5.56 Å². The van der Waals surface area contributed by atoms with E-state index in [1.165, 1.54) is 0 Å². The van der Waals surface area contributed by atoms with Gasteiger partial charge in [0.2, 0.25) is 0 Å². The molecule has 2 N–H and O–H groups in total. The van der Waals surface area contributed by atoms with Crippen LogP contribution >= 0.6 is 15.9 Å². The van der Waals surface area contributed by atoms with Crippen molar-refractivity contribution in [2.45, 2.75) is 6.42 Å². The number of fused-ring (bicyclic) bond motifs is 1. The normalized spacial score (nSPS) is 10.8. The number of aromatic nitrogens is 1. The van der Waals surface area contributed by atoms with Gasteiger partial charge in [0.25, 0.3) is 5.56 Å². The SMILES string of the molecule is O=c1[nH]c2ccc(Br)cc2c(O)c1Cc1ccccc1. The van der Waals surface area contributed by atoms with Gasteiger partial charge in [0.1, 0.15) is 5.75 Å². The molecule has 3 aromatic rings. The smallest absolute Gasteiger partial charge is 0.255 e. The van der Waals surface area contributed by atoms with Crippen molar-refractivity contribution >= 4 is 26.8 Å². The Labute approximate surface area is 124 Å². The molecule has 0 radical (unpaired) electrons. The molecule has 0 spiro atoms. The predicted molar refractivity (Wildman–Crippen MR) is 83.2 cm³/mol. The Morgan fingerprint density at radius 3 is 2.60 bits per heavy atom. The summed E-state index contributed by atoms with van der Waals surface area (Å²) in [5.41, 5.74) is 1.76. The van der Waals surface area contributed by atoms with Gasteiger partial charge in [-0.1, -0.05) is 46.3 Å². The Morgan fingerprint density at radius 1 is 1.10 bits per heavy atom. The Bertz CT molecular complexity index is 825. The van der Waals surface area contributed by atoms with E-state index in [1.54, 1.807) is 12.1 Å². The van der Waals surface area contributed by atoms with Crippen LogP contribution in [0.2, 0.25) is 0 Å². The van der Waals surface area contributed by atoms with Crippen molar-refractivity contribution < 1.29 is 5.11 Å². The topological polar surface area (TPSA) is 53.1 Å². The zero-order chi connectivity index (χ0) is 14.1. The number of pyridine rings is 1. The van der Waals surface area contributed by atoms with E-state index in [-0.39, 0.29) is 11.3 Å². The van der Waals surface area contributed by atoms with Crippen LogP contribution in [0.25, 0.3) is 10.9 Å². The second kappa shape index (κ2) is 5.13. The summed E-state index contributed by atoms with van der Waals surface area (Å²) in [4.78, 5) is 14.9. The maximum atomic E-state index is 12.1. The van der Waals surface area contributed by atoms with E-state index in [4.69, 9.17) is 0 Å². The Morgan fingerprint density at radius 2 is 1.85 bits per heavy atom. The summed E-state index contributed by atoms with van der Waals surface area (Å²) in [5.74, 6) is 0.0499. The Hall–Kier alpha value is -2.07. The molecular formula is C16H12BrNO2. The number of benzene rings is 2. The number of hydrogen-bond donors (Lipinski definition) is 2. The van der Waals surface area contributed by atoms with Crippen LogP contribution in [0, 0.1) is 0 Å². The van der Waals surface area contributed by atoms with Crippen molar-refractivity contribution in [1.82, 2.24) is 4.98 Å². The maximum Gasteiger partial charge on any atom is 0.255 e. The molecule has 1 aromatic heterocycles. The molecule has 20 heavy (non-hydrogen) atoms. The van der Waals surface area contributed by atoms with Gasteiger partial charge in [-0.25, -0.2) is 0 Å². The molecule has 1 heterocycles. The largest absolute Gasteiger partial charge is 0.507 e. The highest BCUT2D eigenvalue weighted by atomic mass is 79.9. The first-order valence-electron chi connectivity index (χ1n) is 6.22. The molecular weight excluding hydrogens is 318 g/mol. The van der Waals surface area contributed by atoms with Gasteiger partial charge < -0.3 is 10.1 Å². The number of H-pyrrole nitrogens is 1. The number of aromatic hydroxyl groups is 1. The molecule has 0 saturated carbocycles. The van der Waals surface area contributed by atoms with Gasteiger partial charge in [-0.3, -0.25) is 4.79 Å². The third-order valence-corrected chi connectivity index (χ3v) is 3.76. The lowest BCUT2D eigenvalue weighted by atomic mass is 10.0. The van der Waals surface area contributed by atoms with E-state index in [0.717, 1.165) is 10.0 Å². The second-order valence-electron chi connectivity index (χ2n) is 4.63. The molecule has 0 atom stereocenters. The zero-order valence-electron chi connectivity index (χ0n) is 10.6. The summed E-state index contributed by atoms with van der Waals surface area (Å²) >= 11 is 3.37. The molecule has 0 aliphatic rings. The molecule has 0 unspecified atom stereocenters. The molecule has 0 aliphatic carbocycles. The van der Waals surface area contributed by atoms with Crippen molar-refractivity contribution in [1.29, 1.82) is 0 Å². The first-order valence-corrected chi connectivity index (χ1v) is 7.02. The van der Waals surface area contributed by atoms with Gasteiger partial charge in [-0.2, -0.15) is 0 Å². The van der Waals surface area contributed by atoms with E-state index in [9.17, 15) is 9.90 Å². The second-order valence-corrected chi connectivity index (χ2v) is 5.55. The molecule has 2 aromatic carbocycles. The minimum absolute atomic E-state index is 0.0499. The Kier molecular flexibility index (Phi) is 3.32. The van der Waals surface area contributed by atoms with Crippen molar-refractivity contribution in [3.8, 4) is 5.75 Å². The van der Waals surface area contributed by atoms with Crippen molar-refractivity contribution in [3.63, 3.8) is 0 Å². The van der Waals surface area contributed by atoms with Crippen LogP contribution in [0.4, 0.5) is 0 Å². The number of halogens is 1. The minimum Gasteiger partial charge on any atom is -0.507 e. The highest BCUT2D eigenvalue weighted by Gasteiger charge is 2.12. The third kappa shape index (κ3) is 2.34. The van der Waals surface area contributed by atoms with Crippen LogP contribution in [0.5, 0.6) is 5.75 Å². The van der Waals surface area contributed by atoms with Crippen molar-refractivity contribution in [2.24, 2.45) is 0 Å². The minimum atomic E-state index is -0.249. The summed E-state index contributed by atoms with van der Waals surface area (Å²) in [6.45, 7) is 0. The molecule has 0 bridgehead atoms. The van der Waals surface area contributed by atoms with E-state index in [2.05, 4.69) is 20.9 Å². The first kappa shape index (κ1) is 12.9. The van der Waals surface area contributed by atoms with Crippen molar-refractivity contribution in [2.75, 3.05) is 0 Å². The molecule has 0 fully saturated rings. The fraction of sp³-hybridized carbons (Fsp3) is 0.0625. The fourth-order valence-corrected chi connectivity index (χ4v) is 2.61. The summed E-state index contributed by atoms with van der Waals surface area (Å²) in [7, 11) is 0. The van der Waals surface area contributed by atoms with E-state index in [1.807, 2.05) is 36.4 Å². The standard InChI is InChI=1S/C16H12BrNO2/c17-11-6-7-14-12(9-11)15(19)13(16(20)18-14)8-10-4-2-1-3-5-10/h1-7,9H,8H2,(H2,18,19,20). The molecule has 4 heteroatoms. The summed E-state index contributed by atoms with van der Waals surface area (Å²) in [5, 5.41) is 11.0. The molecule has 100 valence electrons. The Balaban J connectivity index is 2.18. The van der Waals surface area contributed by atoms with Crippen LogP contribution in [-0.4, -0.2) is 10.1 Å². The maximum absolute atomic E-state index is 12.1. The van der Waals surface area contributed by atoms with Crippen LogP contribution in [-0.2, 0) is 6.42 Å².